The number of benzene rings is 1. The number of amides is 1. The Morgan fingerprint density at radius 1 is 1.27 bits per heavy atom. The number of carbonyl (C=O) groups excluding carboxylic acids is 1. The van der Waals surface area contributed by atoms with E-state index in [4.69, 9.17) is 4.74 Å². The first-order chi connectivity index (χ1) is 12.6. The lowest BCUT2D eigenvalue weighted by molar-refractivity contribution is 0.0896. The Labute approximate surface area is 156 Å². The Morgan fingerprint density at radius 3 is 2.85 bits per heavy atom. The molecule has 2 unspecified atom stereocenters. The number of pyridine rings is 1. The molecule has 4 heteroatoms. The van der Waals surface area contributed by atoms with Crippen LogP contribution in [0.5, 0.6) is 5.75 Å². The summed E-state index contributed by atoms with van der Waals surface area (Å²) < 4.78 is 6.22. The van der Waals surface area contributed by atoms with E-state index in [-0.39, 0.29) is 12.0 Å². The first kappa shape index (κ1) is 18.4. The van der Waals surface area contributed by atoms with Crippen LogP contribution >= 0.6 is 0 Å². The van der Waals surface area contributed by atoms with Gasteiger partial charge in [0.2, 0.25) is 0 Å². The van der Waals surface area contributed by atoms with E-state index in [1.165, 1.54) is 18.4 Å². The molecule has 1 fully saturated rings. The summed E-state index contributed by atoms with van der Waals surface area (Å²) in [5, 5.41) is 3.06. The Kier molecular flexibility index (Phi) is 6.26. The van der Waals surface area contributed by atoms with Gasteiger partial charge in [-0.15, -0.1) is 0 Å². The van der Waals surface area contributed by atoms with Gasteiger partial charge in [0.25, 0.3) is 5.91 Å². The summed E-state index contributed by atoms with van der Waals surface area (Å²) in [5.74, 6) is 1.96. The average molecular weight is 352 g/mol. The zero-order valence-electron chi connectivity index (χ0n) is 15.7. The van der Waals surface area contributed by atoms with Crippen LogP contribution < -0.4 is 10.1 Å². The molecule has 0 radical (unpaired) electrons. The smallest absolute Gasteiger partial charge is 0.251 e. The number of nitrogens with zero attached hydrogens (tertiary/aromatic N) is 1. The van der Waals surface area contributed by atoms with Crippen LogP contribution in [0.15, 0.2) is 48.8 Å². The molecule has 1 aromatic heterocycles. The summed E-state index contributed by atoms with van der Waals surface area (Å²) in [4.78, 5) is 16.2. The molecule has 26 heavy (non-hydrogen) atoms. The van der Waals surface area contributed by atoms with E-state index in [1.54, 1.807) is 24.5 Å². The second-order valence-corrected chi connectivity index (χ2v) is 7.41. The van der Waals surface area contributed by atoms with E-state index < -0.39 is 0 Å². The lowest BCUT2D eigenvalue weighted by Gasteiger charge is -2.33. The second-order valence-electron chi connectivity index (χ2n) is 7.41. The third kappa shape index (κ3) is 5.07. The van der Waals surface area contributed by atoms with Gasteiger partial charge in [-0.1, -0.05) is 19.1 Å². The maximum absolute atomic E-state index is 12.2. The normalized spacial score (nSPS) is 21.0. The quantitative estimate of drug-likeness (QED) is 0.839. The highest BCUT2D eigenvalue weighted by molar-refractivity contribution is 5.93. The average Bonchev–Trinajstić information content (AvgIpc) is 2.67. The second kappa shape index (κ2) is 8.84. The number of rotatable bonds is 6. The van der Waals surface area contributed by atoms with E-state index in [2.05, 4.69) is 36.3 Å². The van der Waals surface area contributed by atoms with Gasteiger partial charge >= 0.3 is 0 Å². The van der Waals surface area contributed by atoms with Gasteiger partial charge in [0.1, 0.15) is 5.75 Å². The third-order valence-electron chi connectivity index (χ3n) is 5.29. The van der Waals surface area contributed by atoms with Crippen molar-refractivity contribution in [3.63, 3.8) is 0 Å². The van der Waals surface area contributed by atoms with Gasteiger partial charge in [0, 0.05) is 24.5 Å². The molecule has 1 N–H and O–H groups in total. The van der Waals surface area contributed by atoms with E-state index >= 15 is 0 Å². The largest absolute Gasteiger partial charge is 0.490 e. The number of aryl methyl sites for hydroxylation is 1. The lowest BCUT2D eigenvalue weighted by Crippen LogP contribution is -2.35. The predicted octanol–water partition coefficient (Wildman–Crippen LogP) is 4.39. The first-order valence-corrected chi connectivity index (χ1v) is 9.53. The monoisotopic (exact) mass is 352 g/mol. The fraction of sp³-hybridized carbons (Fsp3) is 0.455. The summed E-state index contributed by atoms with van der Waals surface area (Å²) >= 11 is 0. The van der Waals surface area contributed by atoms with Gasteiger partial charge in [0.15, 0.2) is 0 Å². The number of ether oxygens (including phenoxy) is 1. The maximum atomic E-state index is 12.2. The standard InChI is InChI=1S/C22H28N2O2/c1-16-5-3-7-20(13-16)26-21-8-4-6-19(14-21)17(2)15-24-22(25)18-9-11-23-12-10-18/h3,5,7,9-13,17,19,21H,4,6,8,14-15H2,1-2H3,(H,24,25)/t17?,19?,21-/m1/s1. The molecule has 0 spiro atoms. The van der Waals surface area contributed by atoms with Crippen LogP contribution in [0, 0.1) is 18.8 Å². The molecule has 2 aromatic rings. The summed E-state index contributed by atoms with van der Waals surface area (Å²) in [6, 6.07) is 11.8. The van der Waals surface area contributed by atoms with Crippen LogP contribution in [0.1, 0.15) is 48.5 Å². The highest BCUT2D eigenvalue weighted by Crippen LogP contribution is 2.32. The van der Waals surface area contributed by atoms with Crippen molar-refractivity contribution in [3.8, 4) is 5.75 Å². The number of aromatic nitrogens is 1. The minimum absolute atomic E-state index is 0.0254. The lowest BCUT2D eigenvalue weighted by atomic mass is 9.79. The third-order valence-corrected chi connectivity index (χ3v) is 5.29. The van der Waals surface area contributed by atoms with Crippen molar-refractivity contribution in [3.05, 3.63) is 59.9 Å². The summed E-state index contributed by atoms with van der Waals surface area (Å²) in [6.07, 6.45) is 8.12. The Morgan fingerprint density at radius 2 is 2.08 bits per heavy atom. The summed E-state index contributed by atoms with van der Waals surface area (Å²) in [5.41, 5.74) is 1.89. The van der Waals surface area contributed by atoms with Crippen molar-refractivity contribution in [1.82, 2.24) is 10.3 Å². The van der Waals surface area contributed by atoms with E-state index in [0.29, 0.717) is 23.9 Å². The van der Waals surface area contributed by atoms with Crippen molar-refractivity contribution in [2.24, 2.45) is 11.8 Å². The predicted molar refractivity (Wildman–Crippen MR) is 103 cm³/mol. The SMILES string of the molecule is Cc1cccc(O[C@@H]2CCCC(C(C)CNC(=O)c3ccncc3)C2)c1. The van der Waals surface area contributed by atoms with Gasteiger partial charge < -0.3 is 10.1 Å². The minimum Gasteiger partial charge on any atom is -0.490 e. The van der Waals surface area contributed by atoms with Crippen molar-refractivity contribution in [2.45, 2.75) is 45.6 Å². The molecule has 3 atom stereocenters. The number of hydrogen-bond donors (Lipinski definition) is 1. The van der Waals surface area contributed by atoms with Gasteiger partial charge in [0.05, 0.1) is 6.10 Å². The number of nitrogens with one attached hydrogen (secondary N) is 1. The molecular weight excluding hydrogens is 324 g/mol. The molecule has 1 aliphatic carbocycles. The molecule has 3 rings (SSSR count). The van der Waals surface area contributed by atoms with Crippen LogP contribution in [0.2, 0.25) is 0 Å². The molecule has 4 nitrogen and oxygen atoms in total. The van der Waals surface area contributed by atoms with Crippen LogP contribution in [0.4, 0.5) is 0 Å². The van der Waals surface area contributed by atoms with Crippen LogP contribution in [-0.4, -0.2) is 23.5 Å². The molecule has 1 aromatic carbocycles. The number of hydrogen-bond acceptors (Lipinski definition) is 3. The van der Waals surface area contributed by atoms with Crippen LogP contribution in [0.25, 0.3) is 0 Å². The topological polar surface area (TPSA) is 51.2 Å². The molecule has 1 heterocycles. The molecule has 1 amide bonds. The Balaban J connectivity index is 1.49. The van der Waals surface area contributed by atoms with E-state index in [0.717, 1.165) is 18.6 Å². The molecule has 138 valence electrons. The fourth-order valence-corrected chi connectivity index (χ4v) is 3.71. The summed E-state index contributed by atoms with van der Waals surface area (Å²) in [7, 11) is 0. The Bertz CT molecular complexity index is 717. The van der Waals surface area contributed by atoms with Crippen LogP contribution in [0.3, 0.4) is 0 Å². The van der Waals surface area contributed by atoms with Crippen molar-refractivity contribution < 1.29 is 9.53 Å². The van der Waals surface area contributed by atoms with E-state index in [1.807, 2.05) is 12.1 Å². The Hall–Kier alpha value is -2.36. The molecule has 0 aliphatic heterocycles. The van der Waals surface area contributed by atoms with Crippen molar-refractivity contribution in [2.75, 3.05) is 6.54 Å². The zero-order chi connectivity index (χ0) is 18.4. The highest BCUT2D eigenvalue weighted by atomic mass is 16.5. The van der Waals surface area contributed by atoms with Gasteiger partial charge in [-0.05, 0) is 74.3 Å². The van der Waals surface area contributed by atoms with Gasteiger partial charge in [-0.25, -0.2) is 0 Å². The number of carbonyl (C=O) groups is 1. The maximum Gasteiger partial charge on any atom is 0.251 e. The summed E-state index contributed by atoms with van der Waals surface area (Å²) in [6.45, 7) is 5.01. The van der Waals surface area contributed by atoms with Crippen molar-refractivity contribution >= 4 is 5.91 Å². The van der Waals surface area contributed by atoms with Crippen molar-refractivity contribution in [1.29, 1.82) is 0 Å². The van der Waals surface area contributed by atoms with Crippen LogP contribution in [-0.2, 0) is 0 Å². The van der Waals surface area contributed by atoms with Gasteiger partial charge in [-0.2, -0.15) is 0 Å². The molecule has 0 saturated heterocycles. The molecule has 0 bridgehead atoms. The molecule has 1 saturated carbocycles. The zero-order valence-corrected chi connectivity index (χ0v) is 15.7. The first-order valence-electron chi connectivity index (χ1n) is 9.53. The van der Waals surface area contributed by atoms with Gasteiger partial charge in [-0.3, -0.25) is 9.78 Å². The fourth-order valence-electron chi connectivity index (χ4n) is 3.71. The highest BCUT2D eigenvalue weighted by Gasteiger charge is 2.27. The minimum atomic E-state index is -0.0254. The van der Waals surface area contributed by atoms with E-state index in [9.17, 15) is 4.79 Å². The molecular formula is C22H28N2O2. The molecule has 1 aliphatic rings.